The van der Waals surface area contributed by atoms with Crippen molar-refractivity contribution in [3.8, 4) is 34.3 Å². The van der Waals surface area contributed by atoms with Crippen LogP contribution < -0.4 is 10.2 Å². The molecule has 2 aromatic carbocycles. The molecule has 0 aliphatic heterocycles. The Morgan fingerprint density at radius 1 is 1.06 bits per heavy atom. The zero-order chi connectivity index (χ0) is 23.4. The maximum absolute atomic E-state index is 13.2. The fourth-order valence-corrected chi connectivity index (χ4v) is 3.50. The van der Waals surface area contributed by atoms with Crippen LogP contribution in [-0.4, -0.2) is 22.4 Å². The number of benzene rings is 2. The molecule has 6 nitrogen and oxygen atoms in total. The number of rotatable bonds is 7. The van der Waals surface area contributed by atoms with Gasteiger partial charge in [0.2, 0.25) is 11.2 Å². The smallest absolute Gasteiger partial charge is 0.239 e. The van der Waals surface area contributed by atoms with E-state index in [1.165, 1.54) is 30.9 Å². The van der Waals surface area contributed by atoms with Crippen molar-refractivity contribution < 1.29 is 24.5 Å². The third-order valence-electron chi connectivity index (χ3n) is 5.28. The zero-order valence-corrected chi connectivity index (χ0v) is 18.7. The first-order valence-corrected chi connectivity index (χ1v) is 10.4. The first kappa shape index (κ1) is 23.0. The summed E-state index contributed by atoms with van der Waals surface area (Å²) in [5.41, 5.74) is 2.65. The average molecular weight is 437 g/mol. The lowest BCUT2D eigenvalue weighted by atomic mass is 10.0. The molecule has 0 saturated heterocycles. The Kier molecular flexibility index (Phi) is 6.93. The number of ether oxygens (including phenoxy) is 1. The van der Waals surface area contributed by atoms with E-state index in [2.05, 4.69) is 19.9 Å². The molecule has 6 heteroatoms. The minimum Gasteiger partial charge on any atom is -0.508 e. The van der Waals surface area contributed by atoms with Crippen molar-refractivity contribution in [2.24, 2.45) is 0 Å². The van der Waals surface area contributed by atoms with Crippen LogP contribution in [0, 0.1) is 0 Å². The molecule has 0 atom stereocenters. The SMILES string of the molecule is COc1c(-c2ccc(O)cc2)oc2cc(O)c(CC=C(C)CCC=C(C)C)c(O)c2c1=O. The molecular formula is C26H28O6. The quantitative estimate of drug-likeness (QED) is 0.404. The van der Waals surface area contributed by atoms with E-state index in [-0.39, 0.29) is 51.7 Å². The van der Waals surface area contributed by atoms with Crippen LogP contribution in [0.3, 0.4) is 0 Å². The van der Waals surface area contributed by atoms with Crippen LogP contribution in [0.5, 0.6) is 23.0 Å². The van der Waals surface area contributed by atoms with Crippen LogP contribution >= 0.6 is 0 Å². The maximum Gasteiger partial charge on any atom is 0.239 e. The number of methoxy groups -OCH3 is 1. The summed E-state index contributed by atoms with van der Waals surface area (Å²) in [5, 5.41) is 30.9. The summed E-state index contributed by atoms with van der Waals surface area (Å²) in [6.07, 6.45) is 6.15. The standard InChI is InChI=1S/C26H28O6/c1-15(2)6-5-7-16(3)8-13-19-20(28)14-21-22(23(19)29)24(30)26(31-4)25(32-21)17-9-11-18(27)12-10-17/h6,8-12,14,27-29H,5,7,13H2,1-4H3. The highest BCUT2D eigenvalue weighted by atomic mass is 16.5. The Bertz CT molecular complexity index is 1240. The number of hydrogen-bond acceptors (Lipinski definition) is 6. The largest absolute Gasteiger partial charge is 0.508 e. The summed E-state index contributed by atoms with van der Waals surface area (Å²) in [6.45, 7) is 6.10. The molecule has 168 valence electrons. The van der Waals surface area contributed by atoms with E-state index >= 15 is 0 Å². The molecule has 0 spiro atoms. The lowest BCUT2D eigenvalue weighted by molar-refractivity contribution is 0.396. The first-order valence-electron chi connectivity index (χ1n) is 10.4. The second-order valence-corrected chi connectivity index (χ2v) is 8.01. The minimum atomic E-state index is -0.542. The van der Waals surface area contributed by atoms with Crippen LogP contribution in [0.15, 0.2) is 62.8 Å². The van der Waals surface area contributed by atoms with E-state index in [9.17, 15) is 20.1 Å². The van der Waals surface area contributed by atoms with Crippen molar-refractivity contribution in [3.05, 3.63) is 69.4 Å². The van der Waals surface area contributed by atoms with Crippen molar-refractivity contribution in [1.29, 1.82) is 0 Å². The van der Waals surface area contributed by atoms with Crippen LogP contribution in [0.4, 0.5) is 0 Å². The number of phenols is 3. The molecule has 0 aliphatic rings. The van der Waals surface area contributed by atoms with E-state index in [0.29, 0.717) is 5.56 Å². The lowest BCUT2D eigenvalue weighted by Crippen LogP contribution is -2.08. The summed E-state index contributed by atoms with van der Waals surface area (Å²) >= 11 is 0. The third-order valence-corrected chi connectivity index (χ3v) is 5.28. The fourth-order valence-electron chi connectivity index (χ4n) is 3.50. The number of allylic oxidation sites excluding steroid dienone is 4. The topological polar surface area (TPSA) is 100 Å². The van der Waals surface area contributed by atoms with Gasteiger partial charge in [-0.1, -0.05) is 23.3 Å². The molecule has 3 N–H and O–H groups in total. The van der Waals surface area contributed by atoms with Gasteiger partial charge in [-0.25, -0.2) is 0 Å². The number of fused-ring (bicyclic) bond motifs is 1. The zero-order valence-electron chi connectivity index (χ0n) is 18.7. The van der Waals surface area contributed by atoms with Crippen molar-refractivity contribution in [2.75, 3.05) is 7.11 Å². The van der Waals surface area contributed by atoms with Gasteiger partial charge < -0.3 is 24.5 Å². The van der Waals surface area contributed by atoms with Crippen molar-refractivity contribution >= 4 is 11.0 Å². The number of phenolic OH excluding ortho intramolecular Hbond substituents is 3. The predicted octanol–water partition coefficient (Wildman–Crippen LogP) is 5.82. The van der Waals surface area contributed by atoms with Gasteiger partial charge in [-0.3, -0.25) is 4.79 Å². The molecule has 0 fully saturated rings. The van der Waals surface area contributed by atoms with Gasteiger partial charge in [0.05, 0.1) is 7.11 Å². The maximum atomic E-state index is 13.2. The minimum absolute atomic E-state index is 0.0434. The van der Waals surface area contributed by atoms with Gasteiger partial charge in [0.15, 0.2) is 5.76 Å². The van der Waals surface area contributed by atoms with Gasteiger partial charge in [-0.15, -0.1) is 0 Å². The third kappa shape index (κ3) is 4.80. The lowest BCUT2D eigenvalue weighted by Gasteiger charge is -2.13. The van der Waals surface area contributed by atoms with E-state index in [4.69, 9.17) is 9.15 Å². The first-order chi connectivity index (χ1) is 15.2. The second-order valence-electron chi connectivity index (χ2n) is 8.01. The molecule has 3 rings (SSSR count). The van der Waals surface area contributed by atoms with Crippen LogP contribution in [0.1, 0.15) is 39.2 Å². The highest BCUT2D eigenvalue weighted by Gasteiger charge is 2.22. The molecule has 3 aromatic rings. The summed E-state index contributed by atoms with van der Waals surface area (Å²) in [4.78, 5) is 13.2. The van der Waals surface area contributed by atoms with E-state index in [1.807, 2.05) is 13.0 Å². The van der Waals surface area contributed by atoms with Gasteiger partial charge in [-0.05, 0) is 64.3 Å². The Morgan fingerprint density at radius 2 is 1.75 bits per heavy atom. The van der Waals surface area contributed by atoms with Gasteiger partial charge in [0.1, 0.15) is 28.2 Å². The Balaban J connectivity index is 2.06. The van der Waals surface area contributed by atoms with E-state index in [1.54, 1.807) is 12.1 Å². The van der Waals surface area contributed by atoms with Crippen molar-refractivity contribution in [1.82, 2.24) is 0 Å². The summed E-state index contributed by atoms with van der Waals surface area (Å²) in [5.74, 6) is -0.332. The molecule has 1 aromatic heterocycles. The van der Waals surface area contributed by atoms with Crippen molar-refractivity contribution in [2.45, 2.75) is 40.0 Å². The summed E-state index contributed by atoms with van der Waals surface area (Å²) in [6, 6.07) is 7.42. The number of hydrogen-bond donors (Lipinski definition) is 3. The van der Waals surface area contributed by atoms with Crippen LogP contribution in [-0.2, 0) is 6.42 Å². The second kappa shape index (κ2) is 9.64. The van der Waals surface area contributed by atoms with Gasteiger partial charge in [0, 0.05) is 17.2 Å². The van der Waals surface area contributed by atoms with E-state index < -0.39 is 5.43 Å². The van der Waals surface area contributed by atoms with Gasteiger partial charge in [-0.2, -0.15) is 0 Å². The highest BCUT2D eigenvalue weighted by Crippen LogP contribution is 2.39. The van der Waals surface area contributed by atoms with Crippen LogP contribution in [0.2, 0.25) is 0 Å². The predicted molar refractivity (Wildman–Crippen MR) is 126 cm³/mol. The van der Waals surface area contributed by atoms with E-state index in [0.717, 1.165) is 18.4 Å². The molecule has 0 aliphatic carbocycles. The molecule has 0 unspecified atom stereocenters. The summed E-state index contributed by atoms with van der Waals surface area (Å²) < 4.78 is 11.2. The molecule has 0 radical (unpaired) electrons. The van der Waals surface area contributed by atoms with Gasteiger partial charge in [0.25, 0.3) is 0 Å². The summed E-state index contributed by atoms with van der Waals surface area (Å²) in [7, 11) is 1.35. The van der Waals surface area contributed by atoms with Crippen LogP contribution in [0.25, 0.3) is 22.3 Å². The highest BCUT2D eigenvalue weighted by molar-refractivity contribution is 5.90. The average Bonchev–Trinajstić information content (AvgIpc) is 2.73. The monoisotopic (exact) mass is 436 g/mol. The van der Waals surface area contributed by atoms with Gasteiger partial charge >= 0.3 is 0 Å². The molecular weight excluding hydrogens is 408 g/mol. The Labute approximate surface area is 186 Å². The normalized spacial score (nSPS) is 11.6. The molecule has 1 heterocycles. The molecule has 0 saturated carbocycles. The Morgan fingerprint density at radius 3 is 2.38 bits per heavy atom. The Hall–Kier alpha value is -3.67. The van der Waals surface area contributed by atoms with Crippen molar-refractivity contribution in [3.63, 3.8) is 0 Å². The number of aromatic hydroxyl groups is 3. The molecule has 0 amide bonds. The molecule has 32 heavy (non-hydrogen) atoms. The molecule has 0 bridgehead atoms. The fraction of sp³-hybridized carbons (Fsp3) is 0.269.